The summed E-state index contributed by atoms with van der Waals surface area (Å²) in [7, 11) is -0.623. The first-order valence-electron chi connectivity index (χ1n) is 6.19. The molecule has 1 atom stereocenters. The molecule has 0 radical (unpaired) electrons. The molecule has 20 heavy (non-hydrogen) atoms. The van der Waals surface area contributed by atoms with E-state index in [1.807, 2.05) is 0 Å². The minimum atomic E-state index is -3.50. The Morgan fingerprint density at radius 2 is 2.05 bits per heavy atom. The number of hydrogen-bond donors (Lipinski definition) is 1. The Labute approximate surface area is 117 Å². The van der Waals surface area contributed by atoms with Crippen molar-refractivity contribution in [2.45, 2.75) is 12.5 Å². The number of halogens is 2. The summed E-state index contributed by atoms with van der Waals surface area (Å²) in [4.78, 5) is 1.71. The van der Waals surface area contributed by atoms with Gasteiger partial charge in [0.15, 0.2) is 0 Å². The highest BCUT2D eigenvalue weighted by atomic mass is 32.2. The molecule has 1 N–H and O–H groups in total. The van der Waals surface area contributed by atoms with Crippen LogP contribution >= 0.6 is 0 Å². The van der Waals surface area contributed by atoms with E-state index in [2.05, 4.69) is 4.72 Å². The van der Waals surface area contributed by atoms with E-state index >= 15 is 0 Å². The van der Waals surface area contributed by atoms with E-state index in [-0.39, 0.29) is 11.7 Å². The zero-order valence-corrected chi connectivity index (χ0v) is 12.1. The van der Waals surface area contributed by atoms with Gasteiger partial charge in [0.2, 0.25) is 0 Å². The maximum absolute atomic E-state index is 13.7. The van der Waals surface area contributed by atoms with Crippen molar-refractivity contribution in [3.05, 3.63) is 29.8 Å². The summed E-state index contributed by atoms with van der Waals surface area (Å²) in [6.07, 6.45) is 0.573. The van der Waals surface area contributed by atoms with E-state index in [1.54, 1.807) is 4.90 Å². The predicted octanol–water partition coefficient (Wildman–Crippen LogP) is 0.940. The Balaban J connectivity index is 2.06. The molecule has 8 heteroatoms. The number of rotatable bonds is 4. The molecular formula is C12H17F2N3O2S. The highest BCUT2D eigenvalue weighted by Gasteiger charge is 2.28. The van der Waals surface area contributed by atoms with Crippen molar-refractivity contribution in [1.29, 1.82) is 0 Å². The Morgan fingerprint density at radius 3 is 2.65 bits per heavy atom. The zero-order chi connectivity index (χ0) is 14.9. The van der Waals surface area contributed by atoms with Gasteiger partial charge in [0.05, 0.1) is 5.69 Å². The van der Waals surface area contributed by atoms with Gasteiger partial charge in [-0.1, -0.05) is 0 Å². The third kappa shape index (κ3) is 3.25. The summed E-state index contributed by atoms with van der Waals surface area (Å²) in [5, 5.41) is 0. The molecular weight excluding hydrogens is 288 g/mol. The van der Waals surface area contributed by atoms with E-state index in [1.165, 1.54) is 26.2 Å². The quantitative estimate of drug-likeness (QED) is 0.901. The molecule has 5 nitrogen and oxygen atoms in total. The van der Waals surface area contributed by atoms with E-state index in [4.69, 9.17) is 0 Å². The molecule has 1 heterocycles. The lowest BCUT2D eigenvalue weighted by Crippen LogP contribution is -2.43. The first kappa shape index (κ1) is 15.1. The van der Waals surface area contributed by atoms with Gasteiger partial charge in [0, 0.05) is 39.3 Å². The van der Waals surface area contributed by atoms with Crippen molar-refractivity contribution in [3.8, 4) is 0 Å². The van der Waals surface area contributed by atoms with Crippen molar-refractivity contribution >= 4 is 15.9 Å². The first-order valence-corrected chi connectivity index (χ1v) is 7.63. The van der Waals surface area contributed by atoms with Gasteiger partial charge in [-0.25, -0.2) is 8.78 Å². The molecule has 1 unspecified atom stereocenters. The minimum absolute atomic E-state index is 0.285. The van der Waals surface area contributed by atoms with Crippen LogP contribution in [0.5, 0.6) is 0 Å². The molecule has 1 aromatic carbocycles. The molecule has 2 rings (SSSR count). The molecule has 1 saturated heterocycles. The number of anilines is 1. The lowest BCUT2D eigenvalue weighted by atomic mass is 10.2. The predicted molar refractivity (Wildman–Crippen MR) is 72.7 cm³/mol. The summed E-state index contributed by atoms with van der Waals surface area (Å²) in [6.45, 7) is 0.874. The number of benzene rings is 1. The average molecular weight is 305 g/mol. The Kier molecular flexibility index (Phi) is 4.26. The van der Waals surface area contributed by atoms with Crippen LogP contribution in [0, 0.1) is 11.6 Å². The van der Waals surface area contributed by atoms with Crippen molar-refractivity contribution in [2.24, 2.45) is 0 Å². The van der Waals surface area contributed by atoms with Gasteiger partial charge < -0.3 is 4.90 Å². The van der Waals surface area contributed by atoms with Crippen LogP contribution in [0.3, 0.4) is 0 Å². The van der Waals surface area contributed by atoms with E-state index in [0.717, 1.165) is 10.4 Å². The van der Waals surface area contributed by atoms with Gasteiger partial charge in [-0.15, -0.1) is 0 Å². The van der Waals surface area contributed by atoms with Crippen LogP contribution in [0.2, 0.25) is 0 Å². The molecule has 0 bridgehead atoms. The summed E-state index contributed by atoms with van der Waals surface area (Å²) < 4.78 is 53.6. The summed E-state index contributed by atoms with van der Waals surface area (Å²) in [5.41, 5.74) is 0.290. The van der Waals surface area contributed by atoms with Gasteiger partial charge in [-0.05, 0) is 18.6 Å². The topological polar surface area (TPSA) is 52.7 Å². The van der Waals surface area contributed by atoms with Gasteiger partial charge >= 0.3 is 0 Å². The van der Waals surface area contributed by atoms with Crippen molar-refractivity contribution in [3.63, 3.8) is 0 Å². The third-order valence-electron chi connectivity index (χ3n) is 3.23. The van der Waals surface area contributed by atoms with Crippen LogP contribution in [0.1, 0.15) is 6.42 Å². The summed E-state index contributed by atoms with van der Waals surface area (Å²) in [6, 6.07) is 3.10. The van der Waals surface area contributed by atoms with Crippen LogP contribution in [-0.4, -0.2) is 45.9 Å². The van der Waals surface area contributed by atoms with Gasteiger partial charge in [-0.2, -0.15) is 17.4 Å². The lowest BCUT2D eigenvalue weighted by Gasteiger charge is -2.20. The van der Waals surface area contributed by atoms with Crippen LogP contribution in [0.15, 0.2) is 18.2 Å². The van der Waals surface area contributed by atoms with E-state index in [9.17, 15) is 17.2 Å². The second-order valence-corrected chi connectivity index (χ2v) is 6.85. The fraction of sp³-hybridized carbons (Fsp3) is 0.500. The van der Waals surface area contributed by atoms with Gasteiger partial charge in [0.1, 0.15) is 11.6 Å². The lowest BCUT2D eigenvalue weighted by molar-refractivity contribution is 0.491. The van der Waals surface area contributed by atoms with E-state index in [0.29, 0.717) is 19.5 Å². The molecule has 1 aromatic rings. The molecule has 0 aliphatic carbocycles. The third-order valence-corrected chi connectivity index (χ3v) is 4.83. The monoisotopic (exact) mass is 305 g/mol. The largest absolute Gasteiger partial charge is 0.368 e. The molecule has 112 valence electrons. The normalized spacial score (nSPS) is 19.9. The molecule has 1 aliphatic rings. The maximum Gasteiger partial charge on any atom is 0.279 e. The number of nitrogens with zero attached hydrogens (tertiary/aromatic N) is 2. The summed E-state index contributed by atoms with van der Waals surface area (Å²) >= 11 is 0. The van der Waals surface area contributed by atoms with Crippen LogP contribution < -0.4 is 9.62 Å². The van der Waals surface area contributed by atoms with Crippen LogP contribution in [0.25, 0.3) is 0 Å². The number of hydrogen-bond acceptors (Lipinski definition) is 3. The molecule has 1 aliphatic heterocycles. The highest BCUT2D eigenvalue weighted by Crippen LogP contribution is 2.24. The first-order chi connectivity index (χ1) is 9.29. The highest BCUT2D eigenvalue weighted by molar-refractivity contribution is 7.87. The standard InChI is InChI=1S/C12H17F2N3O2S/c1-16(2)20(18,19)15-10-5-6-17(8-10)12-4-3-9(13)7-11(12)14/h3-4,7,10,15H,5-6,8H2,1-2H3. The fourth-order valence-electron chi connectivity index (χ4n) is 2.13. The fourth-order valence-corrected chi connectivity index (χ4v) is 2.95. The Morgan fingerprint density at radius 1 is 1.35 bits per heavy atom. The molecule has 0 amide bonds. The average Bonchev–Trinajstić information content (AvgIpc) is 2.76. The van der Waals surface area contributed by atoms with Crippen LogP contribution in [0.4, 0.5) is 14.5 Å². The van der Waals surface area contributed by atoms with Gasteiger partial charge in [0.25, 0.3) is 10.2 Å². The summed E-state index contributed by atoms with van der Waals surface area (Å²) in [5.74, 6) is -1.27. The van der Waals surface area contributed by atoms with Crippen molar-refractivity contribution in [2.75, 3.05) is 32.1 Å². The second kappa shape index (κ2) is 5.63. The van der Waals surface area contributed by atoms with E-state index < -0.39 is 21.8 Å². The Hall–Kier alpha value is -1.25. The molecule has 1 fully saturated rings. The molecule has 0 aromatic heterocycles. The van der Waals surface area contributed by atoms with Crippen molar-refractivity contribution in [1.82, 2.24) is 9.03 Å². The SMILES string of the molecule is CN(C)S(=O)(=O)NC1CCN(c2ccc(F)cc2F)C1. The van der Waals surface area contributed by atoms with Crippen molar-refractivity contribution < 1.29 is 17.2 Å². The number of nitrogens with one attached hydrogen (secondary N) is 1. The minimum Gasteiger partial charge on any atom is -0.368 e. The van der Waals surface area contributed by atoms with Crippen LogP contribution in [-0.2, 0) is 10.2 Å². The molecule has 0 spiro atoms. The van der Waals surface area contributed by atoms with Gasteiger partial charge in [-0.3, -0.25) is 0 Å². The maximum atomic E-state index is 13.7. The smallest absolute Gasteiger partial charge is 0.279 e. The Bertz CT molecular complexity index is 592. The second-order valence-electron chi connectivity index (χ2n) is 4.93. The zero-order valence-electron chi connectivity index (χ0n) is 11.3. The molecule has 0 saturated carbocycles.